The van der Waals surface area contributed by atoms with Crippen molar-refractivity contribution in [3.8, 4) is 0 Å². The molecule has 1 rings (SSSR count). The minimum absolute atomic E-state index is 0.157. The Morgan fingerprint density at radius 3 is 3.00 bits per heavy atom. The number of methoxy groups -OCH3 is 1. The van der Waals surface area contributed by atoms with E-state index in [2.05, 4.69) is 10.1 Å². The number of hydrogen-bond acceptors (Lipinski definition) is 2. The molecule has 0 saturated carbocycles. The first kappa shape index (κ1) is 6.55. The molecule has 0 N–H and O–H groups in total. The molecule has 0 spiro atoms. The average molecular weight is 128 g/mol. The summed E-state index contributed by atoms with van der Waals surface area (Å²) in [6, 6.07) is -0.157. The summed E-state index contributed by atoms with van der Waals surface area (Å²) in [5.74, 6) is -0.187. The lowest BCUT2D eigenvalue weighted by molar-refractivity contribution is -0.142. The minimum Gasteiger partial charge on any atom is -0.468 e. The summed E-state index contributed by atoms with van der Waals surface area (Å²) in [4.78, 5) is 10.7. The van der Waals surface area contributed by atoms with E-state index in [0.717, 1.165) is 19.4 Å². The maximum Gasteiger partial charge on any atom is 0.324 e. The fraction of sp³-hybridized carbons (Fsp3) is 0.833. The first-order valence-corrected chi connectivity index (χ1v) is 3.09. The van der Waals surface area contributed by atoms with Crippen molar-refractivity contribution in [1.29, 1.82) is 0 Å². The number of rotatable bonds is 1. The summed E-state index contributed by atoms with van der Waals surface area (Å²) in [5, 5.41) is 4.03. The molecule has 1 saturated heterocycles. The van der Waals surface area contributed by atoms with Crippen molar-refractivity contribution in [2.75, 3.05) is 13.7 Å². The summed E-state index contributed by atoms with van der Waals surface area (Å²) in [5.41, 5.74) is 0. The first-order chi connectivity index (χ1) is 4.34. The van der Waals surface area contributed by atoms with Gasteiger partial charge in [0.05, 0.1) is 7.11 Å². The molecule has 0 aromatic heterocycles. The van der Waals surface area contributed by atoms with Gasteiger partial charge in [0.1, 0.15) is 6.04 Å². The second-order valence-corrected chi connectivity index (χ2v) is 2.09. The zero-order valence-electron chi connectivity index (χ0n) is 5.46. The average Bonchev–Trinajstić information content (AvgIpc) is 2.37. The van der Waals surface area contributed by atoms with Gasteiger partial charge in [0, 0.05) is 6.54 Å². The van der Waals surface area contributed by atoms with E-state index >= 15 is 0 Å². The smallest absolute Gasteiger partial charge is 0.324 e. The lowest BCUT2D eigenvalue weighted by Gasteiger charge is -2.03. The molecule has 0 unspecified atom stereocenters. The molecule has 1 heterocycles. The standard InChI is InChI=1S/C6H10NO2/c1-9-6(8)5-3-2-4-7-5/h5H,2-4H2,1H3/t5-/m0/s1. The number of hydrogen-bond donors (Lipinski definition) is 0. The lowest BCUT2D eigenvalue weighted by atomic mass is 10.2. The van der Waals surface area contributed by atoms with Crippen molar-refractivity contribution < 1.29 is 9.53 Å². The van der Waals surface area contributed by atoms with Crippen LogP contribution in [0, 0.1) is 0 Å². The van der Waals surface area contributed by atoms with Gasteiger partial charge in [-0.2, -0.15) is 0 Å². The summed E-state index contributed by atoms with van der Waals surface area (Å²) >= 11 is 0. The molecule has 1 aliphatic rings. The lowest BCUT2D eigenvalue weighted by Crippen LogP contribution is -2.26. The van der Waals surface area contributed by atoms with Gasteiger partial charge in [-0.05, 0) is 12.8 Å². The number of esters is 1. The van der Waals surface area contributed by atoms with Crippen LogP contribution in [0.4, 0.5) is 0 Å². The molecule has 1 radical (unpaired) electrons. The molecule has 9 heavy (non-hydrogen) atoms. The zero-order chi connectivity index (χ0) is 6.69. The Hall–Kier alpha value is -0.570. The van der Waals surface area contributed by atoms with E-state index in [-0.39, 0.29) is 12.0 Å². The van der Waals surface area contributed by atoms with E-state index in [1.165, 1.54) is 7.11 Å². The second-order valence-electron chi connectivity index (χ2n) is 2.09. The maximum atomic E-state index is 10.7. The summed E-state index contributed by atoms with van der Waals surface area (Å²) in [7, 11) is 1.40. The Bertz CT molecular complexity index is 108. The van der Waals surface area contributed by atoms with Crippen LogP contribution in [-0.2, 0) is 9.53 Å². The van der Waals surface area contributed by atoms with Gasteiger partial charge < -0.3 is 4.74 Å². The molecule has 1 atom stereocenters. The van der Waals surface area contributed by atoms with Crippen LogP contribution in [0.1, 0.15) is 12.8 Å². The third-order valence-electron chi connectivity index (χ3n) is 1.46. The maximum absolute atomic E-state index is 10.7. The predicted octanol–water partition coefficient (Wildman–Crippen LogP) is -0.0738. The summed E-state index contributed by atoms with van der Waals surface area (Å²) in [6.07, 6.45) is 1.90. The molecule has 3 heteroatoms. The predicted molar refractivity (Wildman–Crippen MR) is 32.0 cm³/mol. The van der Waals surface area contributed by atoms with E-state index in [1.807, 2.05) is 0 Å². The van der Waals surface area contributed by atoms with Crippen LogP contribution >= 0.6 is 0 Å². The van der Waals surface area contributed by atoms with Gasteiger partial charge >= 0.3 is 5.97 Å². The van der Waals surface area contributed by atoms with Crippen LogP contribution in [0.5, 0.6) is 0 Å². The molecule has 0 aliphatic carbocycles. The molecule has 1 aliphatic heterocycles. The highest BCUT2D eigenvalue weighted by molar-refractivity contribution is 5.75. The van der Waals surface area contributed by atoms with E-state index < -0.39 is 0 Å². The van der Waals surface area contributed by atoms with Crippen LogP contribution < -0.4 is 5.32 Å². The molecule has 0 aromatic rings. The molecule has 0 amide bonds. The Morgan fingerprint density at radius 2 is 2.56 bits per heavy atom. The molecular formula is C6H10NO2. The molecule has 51 valence electrons. The minimum atomic E-state index is -0.187. The van der Waals surface area contributed by atoms with Gasteiger partial charge in [-0.15, -0.1) is 0 Å². The Morgan fingerprint density at radius 1 is 1.78 bits per heavy atom. The Labute approximate surface area is 54.4 Å². The van der Waals surface area contributed by atoms with E-state index in [9.17, 15) is 4.79 Å². The highest BCUT2D eigenvalue weighted by atomic mass is 16.5. The third kappa shape index (κ3) is 1.42. The Kier molecular flexibility index (Phi) is 2.05. The molecular weight excluding hydrogens is 118 g/mol. The van der Waals surface area contributed by atoms with Crippen molar-refractivity contribution in [2.45, 2.75) is 18.9 Å². The van der Waals surface area contributed by atoms with Crippen molar-refractivity contribution in [1.82, 2.24) is 5.32 Å². The van der Waals surface area contributed by atoms with Crippen LogP contribution in [-0.4, -0.2) is 25.7 Å². The highest BCUT2D eigenvalue weighted by Gasteiger charge is 2.23. The summed E-state index contributed by atoms with van der Waals surface area (Å²) in [6.45, 7) is 0.819. The van der Waals surface area contributed by atoms with Crippen LogP contribution in [0.15, 0.2) is 0 Å². The second kappa shape index (κ2) is 2.82. The van der Waals surface area contributed by atoms with E-state index in [1.54, 1.807) is 0 Å². The van der Waals surface area contributed by atoms with Crippen molar-refractivity contribution in [2.24, 2.45) is 0 Å². The van der Waals surface area contributed by atoms with Gasteiger partial charge in [0.15, 0.2) is 0 Å². The van der Waals surface area contributed by atoms with Gasteiger partial charge in [0.2, 0.25) is 0 Å². The number of ether oxygens (including phenoxy) is 1. The fourth-order valence-corrected chi connectivity index (χ4v) is 0.951. The van der Waals surface area contributed by atoms with Crippen molar-refractivity contribution >= 4 is 5.97 Å². The molecule has 0 aromatic carbocycles. The van der Waals surface area contributed by atoms with E-state index in [4.69, 9.17) is 0 Å². The first-order valence-electron chi connectivity index (χ1n) is 3.09. The number of carbonyl (C=O) groups excluding carboxylic acids is 1. The number of carbonyl (C=O) groups is 1. The third-order valence-corrected chi connectivity index (χ3v) is 1.46. The highest BCUT2D eigenvalue weighted by Crippen LogP contribution is 2.07. The van der Waals surface area contributed by atoms with Crippen molar-refractivity contribution in [3.05, 3.63) is 0 Å². The molecule has 0 bridgehead atoms. The molecule has 1 fully saturated rings. The normalized spacial score (nSPS) is 26.1. The van der Waals surface area contributed by atoms with Gasteiger partial charge in [0.25, 0.3) is 0 Å². The van der Waals surface area contributed by atoms with Crippen molar-refractivity contribution in [3.63, 3.8) is 0 Å². The van der Waals surface area contributed by atoms with E-state index in [0.29, 0.717) is 0 Å². The Balaban J connectivity index is 2.32. The topological polar surface area (TPSA) is 40.4 Å². The number of nitrogens with zero attached hydrogens (tertiary/aromatic N) is 1. The fourth-order valence-electron chi connectivity index (χ4n) is 0.951. The van der Waals surface area contributed by atoms with Gasteiger partial charge in [-0.3, -0.25) is 4.79 Å². The van der Waals surface area contributed by atoms with Crippen LogP contribution in [0.2, 0.25) is 0 Å². The summed E-state index contributed by atoms with van der Waals surface area (Å²) < 4.78 is 4.50. The molecule has 3 nitrogen and oxygen atoms in total. The quantitative estimate of drug-likeness (QED) is 0.464. The van der Waals surface area contributed by atoms with Gasteiger partial charge in [-0.1, -0.05) is 0 Å². The van der Waals surface area contributed by atoms with Crippen LogP contribution in [0.3, 0.4) is 0 Å². The van der Waals surface area contributed by atoms with Gasteiger partial charge in [-0.25, -0.2) is 5.32 Å². The monoisotopic (exact) mass is 128 g/mol. The SMILES string of the molecule is COC(=O)[C@@H]1CCC[N]1. The van der Waals surface area contributed by atoms with Crippen LogP contribution in [0.25, 0.3) is 0 Å². The largest absolute Gasteiger partial charge is 0.468 e. The zero-order valence-corrected chi connectivity index (χ0v) is 5.46.